The van der Waals surface area contributed by atoms with Crippen LogP contribution in [0.2, 0.25) is 0 Å². The van der Waals surface area contributed by atoms with Crippen LogP contribution in [0.15, 0.2) is 24.3 Å². The Balaban J connectivity index is 2.21. The third kappa shape index (κ3) is 5.92. The van der Waals surface area contributed by atoms with Crippen molar-refractivity contribution in [2.45, 2.75) is 32.2 Å². The maximum atomic E-state index is 10.3. The van der Waals surface area contributed by atoms with Crippen molar-refractivity contribution in [3.8, 4) is 5.75 Å². The predicted octanol–water partition coefficient (Wildman–Crippen LogP) is 1.78. The van der Waals surface area contributed by atoms with Crippen molar-refractivity contribution in [1.29, 1.82) is 0 Å². The van der Waals surface area contributed by atoms with Crippen molar-refractivity contribution in [2.24, 2.45) is 0 Å². The molecule has 0 saturated carbocycles. The highest BCUT2D eigenvalue weighted by Crippen LogP contribution is 2.11. The lowest BCUT2D eigenvalue weighted by Gasteiger charge is -2.12. The third-order valence-corrected chi connectivity index (χ3v) is 2.63. The Morgan fingerprint density at radius 1 is 1.35 bits per heavy atom. The lowest BCUT2D eigenvalue weighted by molar-refractivity contribution is -0.136. The van der Waals surface area contributed by atoms with Gasteiger partial charge in [0.05, 0.1) is 6.42 Å². The van der Waals surface area contributed by atoms with Crippen LogP contribution in [0.3, 0.4) is 0 Å². The van der Waals surface area contributed by atoms with E-state index in [1.54, 1.807) is 12.1 Å². The Kier molecular flexibility index (Phi) is 5.49. The molecule has 0 radical (unpaired) electrons. The van der Waals surface area contributed by atoms with Gasteiger partial charge in [0, 0.05) is 12.6 Å². The number of hydrogen-bond donors (Lipinski definition) is 3. The van der Waals surface area contributed by atoms with Gasteiger partial charge in [-0.1, -0.05) is 12.1 Å². The summed E-state index contributed by atoms with van der Waals surface area (Å²) < 4.78 is 0. The van der Waals surface area contributed by atoms with Gasteiger partial charge in [0.15, 0.2) is 0 Å². The quantitative estimate of drug-likeness (QED) is 0.676. The van der Waals surface area contributed by atoms with E-state index in [9.17, 15) is 4.79 Å². The summed E-state index contributed by atoms with van der Waals surface area (Å²) in [4.78, 5) is 10.3. The van der Waals surface area contributed by atoms with E-state index in [0.29, 0.717) is 12.6 Å². The molecule has 0 spiro atoms. The van der Waals surface area contributed by atoms with Gasteiger partial charge in [-0.05, 0) is 37.5 Å². The Labute approximate surface area is 101 Å². The molecule has 0 aliphatic heterocycles. The maximum Gasteiger partial charge on any atom is 0.304 e. The first-order valence-corrected chi connectivity index (χ1v) is 5.81. The second-order valence-electron chi connectivity index (χ2n) is 4.20. The van der Waals surface area contributed by atoms with Crippen molar-refractivity contribution in [3.05, 3.63) is 29.8 Å². The fourth-order valence-electron chi connectivity index (χ4n) is 1.57. The van der Waals surface area contributed by atoms with Crippen molar-refractivity contribution >= 4 is 5.97 Å². The molecule has 0 aliphatic carbocycles. The monoisotopic (exact) mass is 237 g/mol. The molecule has 0 heterocycles. The lowest BCUT2D eigenvalue weighted by Crippen LogP contribution is -2.28. The molecule has 4 nitrogen and oxygen atoms in total. The molecule has 1 unspecified atom stereocenters. The molecule has 0 fully saturated rings. The SMILES string of the molecule is CC(CCc1ccc(O)cc1)NCCC(=O)O. The number of phenols is 1. The molecule has 1 atom stereocenters. The van der Waals surface area contributed by atoms with Gasteiger partial charge < -0.3 is 15.5 Å². The number of benzene rings is 1. The van der Waals surface area contributed by atoms with Gasteiger partial charge in [-0.15, -0.1) is 0 Å². The Morgan fingerprint density at radius 3 is 2.59 bits per heavy atom. The van der Waals surface area contributed by atoms with Crippen LogP contribution in [-0.2, 0) is 11.2 Å². The largest absolute Gasteiger partial charge is 0.508 e. The number of carbonyl (C=O) groups is 1. The third-order valence-electron chi connectivity index (χ3n) is 2.63. The summed E-state index contributed by atoms with van der Waals surface area (Å²) in [6, 6.07) is 7.46. The summed E-state index contributed by atoms with van der Waals surface area (Å²) in [7, 11) is 0. The number of carboxylic acid groups (broad SMARTS) is 1. The molecule has 0 bridgehead atoms. The summed E-state index contributed by atoms with van der Waals surface area (Å²) in [5, 5.41) is 20.8. The number of phenolic OH excluding ortho intramolecular Hbond substituents is 1. The molecular formula is C13H19NO3. The number of hydrogen-bond acceptors (Lipinski definition) is 3. The molecule has 0 saturated heterocycles. The van der Waals surface area contributed by atoms with Crippen molar-refractivity contribution in [3.63, 3.8) is 0 Å². The van der Waals surface area contributed by atoms with E-state index < -0.39 is 5.97 Å². The topological polar surface area (TPSA) is 69.6 Å². The molecular weight excluding hydrogens is 218 g/mol. The highest BCUT2D eigenvalue weighted by atomic mass is 16.4. The average molecular weight is 237 g/mol. The lowest BCUT2D eigenvalue weighted by atomic mass is 10.1. The molecule has 94 valence electrons. The number of carboxylic acids is 1. The molecule has 1 aromatic carbocycles. The van der Waals surface area contributed by atoms with Gasteiger partial charge in [0.2, 0.25) is 0 Å². The number of nitrogens with one attached hydrogen (secondary N) is 1. The van der Waals surface area contributed by atoms with E-state index >= 15 is 0 Å². The Morgan fingerprint density at radius 2 is 2.00 bits per heavy atom. The zero-order valence-electron chi connectivity index (χ0n) is 10.0. The van der Waals surface area contributed by atoms with Gasteiger partial charge in [-0.2, -0.15) is 0 Å². The molecule has 0 amide bonds. The van der Waals surface area contributed by atoms with Crippen LogP contribution in [0.1, 0.15) is 25.3 Å². The molecule has 17 heavy (non-hydrogen) atoms. The maximum absolute atomic E-state index is 10.3. The minimum Gasteiger partial charge on any atom is -0.508 e. The summed E-state index contributed by atoms with van der Waals surface area (Å²) in [5.41, 5.74) is 1.18. The van der Waals surface area contributed by atoms with Crippen molar-refractivity contribution in [2.75, 3.05) is 6.54 Å². The smallest absolute Gasteiger partial charge is 0.304 e. The standard InChI is InChI=1S/C13H19NO3/c1-10(14-9-8-13(16)17)2-3-11-4-6-12(15)7-5-11/h4-7,10,14-15H,2-3,8-9H2,1H3,(H,16,17). The van der Waals surface area contributed by atoms with Gasteiger partial charge in [0.25, 0.3) is 0 Å². The second-order valence-corrected chi connectivity index (χ2v) is 4.20. The highest BCUT2D eigenvalue weighted by molar-refractivity contribution is 5.66. The fourth-order valence-corrected chi connectivity index (χ4v) is 1.57. The van der Waals surface area contributed by atoms with E-state index in [4.69, 9.17) is 10.2 Å². The first-order chi connectivity index (χ1) is 8.08. The van der Waals surface area contributed by atoms with E-state index in [0.717, 1.165) is 12.8 Å². The molecule has 0 aromatic heterocycles. The summed E-state index contributed by atoms with van der Waals surface area (Å²) in [6.07, 6.45) is 2.02. The van der Waals surface area contributed by atoms with Crippen LogP contribution in [0.4, 0.5) is 0 Å². The second kappa shape index (κ2) is 6.91. The first kappa shape index (κ1) is 13.5. The van der Waals surface area contributed by atoms with Gasteiger partial charge in [-0.3, -0.25) is 4.79 Å². The van der Waals surface area contributed by atoms with Crippen LogP contribution < -0.4 is 5.32 Å². The zero-order valence-corrected chi connectivity index (χ0v) is 10.0. The number of rotatable bonds is 7. The molecule has 4 heteroatoms. The van der Waals surface area contributed by atoms with Crippen LogP contribution in [0.25, 0.3) is 0 Å². The average Bonchev–Trinajstić information content (AvgIpc) is 2.28. The number of aryl methyl sites for hydroxylation is 1. The molecule has 1 aromatic rings. The highest BCUT2D eigenvalue weighted by Gasteiger charge is 2.03. The van der Waals surface area contributed by atoms with Crippen molar-refractivity contribution < 1.29 is 15.0 Å². The molecule has 1 rings (SSSR count). The summed E-state index contributed by atoms with van der Waals surface area (Å²) in [5.74, 6) is -0.496. The zero-order chi connectivity index (χ0) is 12.7. The van der Waals surface area contributed by atoms with Crippen LogP contribution >= 0.6 is 0 Å². The van der Waals surface area contributed by atoms with Crippen LogP contribution in [0.5, 0.6) is 5.75 Å². The fraction of sp³-hybridized carbons (Fsp3) is 0.462. The van der Waals surface area contributed by atoms with E-state index in [-0.39, 0.29) is 12.2 Å². The summed E-state index contributed by atoms with van der Waals surface area (Å²) >= 11 is 0. The minimum absolute atomic E-state index is 0.156. The summed E-state index contributed by atoms with van der Waals surface area (Å²) in [6.45, 7) is 2.55. The predicted molar refractivity (Wildman–Crippen MR) is 66.1 cm³/mol. The van der Waals surface area contributed by atoms with E-state index in [1.807, 2.05) is 19.1 Å². The van der Waals surface area contributed by atoms with Crippen LogP contribution in [0, 0.1) is 0 Å². The minimum atomic E-state index is -0.775. The van der Waals surface area contributed by atoms with Gasteiger partial charge in [-0.25, -0.2) is 0 Å². The van der Waals surface area contributed by atoms with E-state index in [1.165, 1.54) is 5.56 Å². The van der Waals surface area contributed by atoms with Crippen molar-refractivity contribution in [1.82, 2.24) is 5.32 Å². The normalized spacial score (nSPS) is 12.3. The van der Waals surface area contributed by atoms with Gasteiger partial charge in [0.1, 0.15) is 5.75 Å². The van der Waals surface area contributed by atoms with Crippen LogP contribution in [-0.4, -0.2) is 28.8 Å². The van der Waals surface area contributed by atoms with E-state index in [2.05, 4.69) is 5.32 Å². The molecule has 0 aliphatic rings. The number of aliphatic carboxylic acids is 1. The molecule has 3 N–H and O–H groups in total. The Hall–Kier alpha value is -1.55. The number of aromatic hydroxyl groups is 1. The van der Waals surface area contributed by atoms with Gasteiger partial charge >= 0.3 is 5.97 Å². The Bertz CT molecular complexity index is 348. The first-order valence-electron chi connectivity index (χ1n) is 5.81.